The normalized spacial score (nSPS) is 21.7. The lowest BCUT2D eigenvalue weighted by molar-refractivity contribution is -0.129. The molecule has 0 aromatic carbocycles. The molecule has 5 nitrogen and oxygen atoms in total. The van der Waals surface area contributed by atoms with E-state index in [4.69, 9.17) is 14.4 Å². The minimum absolute atomic E-state index is 0.114. The highest BCUT2D eigenvalue weighted by atomic mass is 28.4. The van der Waals surface area contributed by atoms with Gasteiger partial charge in [0.15, 0.2) is 0 Å². The van der Waals surface area contributed by atoms with Crippen molar-refractivity contribution < 1.29 is 19.2 Å². The van der Waals surface area contributed by atoms with E-state index in [1.807, 2.05) is 0 Å². The summed E-state index contributed by atoms with van der Waals surface area (Å²) in [5.74, 6) is -0.114. The quantitative estimate of drug-likeness (QED) is 0.462. The summed E-state index contributed by atoms with van der Waals surface area (Å²) in [6, 6.07) is 0. The lowest BCUT2D eigenvalue weighted by Crippen LogP contribution is -2.56. The molecule has 0 saturated carbocycles. The molecule has 70 valence electrons. The molecule has 1 unspecified atom stereocenters. The van der Waals surface area contributed by atoms with Crippen molar-refractivity contribution in [3.05, 3.63) is 0 Å². The zero-order valence-electron chi connectivity index (χ0n) is 6.90. The third-order valence-corrected chi connectivity index (χ3v) is 3.57. The number of hydrogen-bond acceptors (Lipinski definition) is 4. The molecule has 1 amide bonds. The number of carbonyl (C=O) groups excluding carboxylic acids is 1. The molecular formula is C6H13NO4Si. The molecule has 1 rings (SSSR count). The van der Waals surface area contributed by atoms with Crippen LogP contribution in [-0.2, 0) is 4.79 Å². The predicted molar refractivity (Wildman–Crippen MR) is 42.8 cm³/mol. The predicted octanol–water partition coefficient (Wildman–Crippen LogP) is -1.55. The van der Waals surface area contributed by atoms with Gasteiger partial charge in [-0.05, 0) is 13.3 Å². The Kier molecular flexibility index (Phi) is 2.52. The van der Waals surface area contributed by atoms with Crippen LogP contribution in [0, 0.1) is 0 Å². The van der Waals surface area contributed by atoms with Gasteiger partial charge in [-0.25, -0.2) is 0 Å². The van der Waals surface area contributed by atoms with Crippen molar-refractivity contribution in [1.82, 2.24) is 4.90 Å². The summed E-state index contributed by atoms with van der Waals surface area (Å²) in [5, 5.41) is 0. The van der Waals surface area contributed by atoms with Crippen LogP contribution in [0.4, 0.5) is 0 Å². The molecule has 3 N–H and O–H groups in total. The molecular weight excluding hydrogens is 178 g/mol. The van der Waals surface area contributed by atoms with Gasteiger partial charge in [0.05, 0.1) is 5.67 Å². The SMILES string of the molecule is CC(N1CCCC1=O)[Si](O)(O)O. The molecule has 12 heavy (non-hydrogen) atoms. The average Bonchev–Trinajstić information content (AvgIpc) is 2.31. The maximum atomic E-state index is 11.1. The minimum atomic E-state index is -4.16. The maximum Gasteiger partial charge on any atom is 0.516 e. The van der Waals surface area contributed by atoms with Crippen LogP contribution in [0.15, 0.2) is 0 Å². The van der Waals surface area contributed by atoms with Crippen LogP contribution in [0.1, 0.15) is 19.8 Å². The van der Waals surface area contributed by atoms with Crippen LogP contribution in [0.2, 0.25) is 0 Å². The van der Waals surface area contributed by atoms with Crippen LogP contribution in [-0.4, -0.2) is 46.2 Å². The minimum Gasteiger partial charge on any atom is -0.389 e. The van der Waals surface area contributed by atoms with Crippen molar-refractivity contribution in [2.24, 2.45) is 0 Å². The summed E-state index contributed by atoms with van der Waals surface area (Å²) in [6.07, 6.45) is 1.17. The van der Waals surface area contributed by atoms with E-state index >= 15 is 0 Å². The highest BCUT2D eigenvalue weighted by Gasteiger charge is 2.42. The number of hydrogen-bond donors (Lipinski definition) is 3. The van der Waals surface area contributed by atoms with E-state index in [0.717, 1.165) is 6.42 Å². The van der Waals surface area contributed by atoms with Gasteiger partial charge in [-0.3, -0.25) is 4.79 Å². The third-order valence-electron chi connectivity index (χ3n) is 2.14. The average molecular weight is 191 g/mol. The van der Waals surface area contributed by atoms with E-state index in [-0.39, 0.29) is 5.91 Å². The molecule has 6 heteroatoms. The monoisotopic (exact) mass is 191 g/mol. The summed E-state index contributed by atoms with van der Waals surface area (Å²) in [4.78, 5) is 39.2. The summed E-state index contributed by atoms with van der Waals surface area (Å²) in [5.41, 5.74) is -0.826. The first-order chi connectivity index (χ1) is 5.43. The van der Waals surface area contributed by atoms with Gasteiger partial charge in [-0.2, -0.15) is 0 Å². The molecule has 1 aliphatic heterocycles. The fraction of sp³-hybridized carbons (Fsp3) is 0.833. The number of carbonyl (C=O) groups is 1. The highest BCUT2D eigenvalue weighted by Crippen LogP contribution is 2.16. The molecule has 0 bridgehead atoms. The summed E-state index contributed by atoms with van der Waals surface area (Å²) < 4.78 is 0. The van der Waals surface area contributed by atoms with Gasteiger partial charge in [0.2, 0.25) is 5.91 Å². The Morgan fingerprint density at radius 3 is 2.42 bits per heavy atom. The van der Waals surface area contributed by atoms with Crippen LogP contribution in [0.3, 0.4) is 0 Å². The summed E-state index contributed by atoms with van der Waals surface area (Å²) >= 11 is 0. The Morgan fingerprint density at radius 1 is 1.50 bits per heavy atom. The molecule has 0 aliphatic carbocycles. The molecule has 1 saturated heterocycles. The van der Waals surface area contributed by atoms with Gasteiger partial charge < -0.3 is 19.3 Å². The van der Waals surface area contributed by atoms with Crippen molar-refractivity contribution in [1.29, 1.82) is 0 Å². The van der Waals surface area contributed by atoms with Crippen molar-refractivity contribution in [2.45, 2.75) is 25.4 Å². The lowest BCUT2D eigenvalue weighted by Gasteiger charge is -2.27. The number of likely N-dealkylation sites (tertiary alicyclic amines) is 1. The first kappa shape index (κ1) is 9.65. The third kappa shape index (κ3) is 1.83. The van der Waals surface area contributed by atoms with Gasteiger partial charge in [0.25, 0.3) is 0 Å². The zero-order chi connectivity index (χ0) is 9.35. The topological polar surface area (TPSA) is 81.0 Å². The Labute approximate surface area is 71.6 Å². The van der Waals surface area contributed by atoms with Crippen molar-refractivity contribution in [2.75, 3.05) is 6.54 Å². The number of amides is 1. The summed E-state index contributed by atoms with van der Waals surface area (Å²) in [7, 11) is -4.16. The maximum absolute atomic E-state index is 11.1. The first-order valence-electron chi connectivity index (χ1n) is 3.89. The fourth-order valence-electron chi connectivity index (χ4n) is 1.29. The van der Waals surface area contributed by atoms with Gasteiger partial charge in [-0.1, -0.05) is 0 Å². The van der Waals surface area contributed by atoms with Gasteiger partial charge in [0.1, 0.15) is 0 Å². The standard InChI is InChI=1S/C6H13NO4Si/c1-5(12(9,10)11)7-4-2-3-6(7)8/h5,9-11H,2-4H2,1H3. The molecule has 1 heterocycles. The van der Waals surface area contributed by atoms with Crippen LogP contribution < -0.4 is 0 Å². The molecule has 0 spiro atoms. The van der Waals surface area contributed by atoms with E-state index in [9.17, 15) is 4.79 Å². The van der Waals surface area contributed by atoms with Gasteiger partial charge >= 0.3 is 8.80 Å². The molecule has 1 atom stereocenters. The Hall–Kier alpha value is -0.433. The van der Waals surface area contributed by atoms with E-state index in [2.05, 4.69) is 0 Å². The second kappa shape index (κ2) is 3.13. The molecule has 0 aromatic heterocycles. The first-order valence-corrected chi connectivity index (χ1v) is 5.81. The second-order valence-electron chi connectivity index (χ2n) is 3.05. The lowest BCUT2D eigenvalue weighted by atomic mass is 10.4. The Bertz CT molecular complexity index is 190. The van der Waals surface area contributed by atoms with Crippen LogP contribution in [0.5, 0.6) is 0 Å². The van der Waals surface area contributed by atoms with Crippen molar-refractivity contribution >= 4 is 14.7 Å². The van der Waals surface area contributed by atoms with E-state index in [0.29, 0.717) is 13.0 Å². The smallest absolute Gasteiger partial charge is 0.389 e. The van der Waals surface area contributed by atoms with E-state index < -0.39 is 14.5 Å². The fourth-order valence-corrected chi connectivity index (χ4v) is 1.98. The molecule has 0 aromatic rings. The summed E-state index contributed by atoms with van der Waals surface area (Å²) in [6.45, 7) is 1.96. The van der Waals surface area contributed by atoms with Crippen LogP contribution in [0.25, 0.3) is 0 Å². The number of rotatable bonds is 2. The molecule has 1 fully saturated rings. The van der Waals surface area contributed by atoms with Crippen molar-refractivity contribution in [3.63, 3.8) is 0 Å². The highest BCUT2D eigenvalue weighted by molar-refractivity contribution is 6.58. The molecule has 1 aliphatic rings. The number of nitrogens with zero attached hydrogens (tertiary/aromatic N) is 1. The largest absolute Gasteiger partial charge is 0.516 e. The van der Waals surface area contributed by atoms with Gasteiger partial charge in [0, 0.05) is 13.0 Å². The van der Waals surface area contributed by atoms with E-state index in [1.54, 1.807) is 0 Å². The van der Waals surface area contributed by atoms with Gasteiger partial charge in [-0.15, -0.1) is 0 Å². The zero-order valence-corrected chi connectivity index (χ0v) is 7.90. The second-order valence-corrected chi connectivity index (χ2v) is 5.26. The Morgan fingerprint density at radius 2 is 2.08 bits per heavy atom. The van der Waals surface area contributed by atoms with E-state index in [1.165, 1.54) is 11.8 Å². The van der Waals surface area contributed by atoms with Crippen molar-refractivity contribution in [3.8, 4) is 0 Å². The Balaban J connectivity index is 2.63. The molecule has 0 radical (unpaired) electrons. The van der Waals surface area contributed by atoms with Crippen LogP contribution >= 0.6 is 0 Å².